The fourth-order valence-corrected chi connectivity index (χ4v) is 8.41. The molecule has 0 radical (unpaired) electrons. The van der Waals surface area contributed by atoms with Gasteiger partial charge in [0.2, 0.25) is 0 Å². The van der Waals surface area contributed by atoms with Crippen LogP contribution in [0.15, 0.2) is 176 Å². The van der Waals surface area contributed by atoms with Gasteiger partial charge in [0, 0.05) is 49.6 Å². The van der Waals surface area contributed by atoms with Crippen LogP contribution in [0.3, 0.4) is 0 Å². The highest BCUT2D eigenvalue weighted by molar-refractivity contribution is 7.37. The van der Waals surface area contributed by atoms with Crippen molar-refractivity contribution < 1.29 is 0 Å². The summed E-state index contributed by atoms with van der Waals surface area (Å²) in [6, 6.07) is 62.3. The Labute approximate surface area is 290 Å². The van der Waals surface area contributed by atoms with Crippen molar-refractivity contribution in [3.63, 3.8) is 0 Å². The van der Waals surface area contributed by atoms with Crippen molar-refractivity contribution in [1.29, 1.82) is 0 Å². The third-order valence-corrected chi connectivity index (χ3v) is 10.7. The molecule has 7 aromatic carbocycles. The van der Waals surface area contributed by atoms with Crippen molar-refractivity contribution in [2.75, 3.05) is 0 Å². The SMILES string of the molecule is c1ccc(-c2nc(-c3ccccc3)pc(-c3cccc(-n4c5ccccc5c5c6c7ccccc7n(-c7ccccc7)c6ccc54)c3)n2)cc1. The van der Waals surface area contributed by atoms with E-state index in [1.165, 1.54) is 43.6 Å². The van der Waals surface area contributed by atoms with E-state index in [0.717, 1.165) is 52.9 Å². The molecule has 10 rings (SSSR count). The predicted molar refractivity (Wildman–Crippen MR) is 210 cm³/mol. The number of nitrogens with zero attached hydrogens (tertiary/aromatic N) is 4. The van der Waals surface area contributed by atoms with Gasteiger partial charge in [-0.15, -0.1) is 0 Å². The van der Waals surface area contributed by atoms with Crippen molar-refractivity contribution in [3.05, 3.63) is 176 Å². The van der Waals surface area contributed by atoms with E-state index in [1.807, 2.05) is 24.3 Å². The first-order chi connectivity index (χ1) is 24.8. The summed E-state index contributed by atoms with van der Waals surface area (Å²) in [5.41, 5.74) is 12.2. The van der Waals surface area contributed by atoms with Crippen LogP contribution in [0.1, 0.15) is 0 Å². The van der Waals surface area contributed by atoms with Gasteiger partial charge >= 0.3 is 0 Å². The molecule has 0 spiro atoms. The molecule has 0 aliphatic carbocycles. The average molecular weight is 657 g/mol. The summed E-state index contributed by atoms with van der Waals surface area (Å²) in [6.45, 7) is 0. The second-order valence-electron chi connectivity index (χ2n) is 12.5. The second kappa shape index (κ2) is 11.7. The lowest BCUT2D eigenvalue weighted by Gasteiger charge is -2.12. The van der Waals surface area contributed by atoms with Crippen molar-refractivity contribution >= 4 is 51.8 Å². The summed E-state index contributed by atoms with van der Waals surface area (Å²) in [5, 5.41) is 5.02. The molecular weight excluding hydrogens is 627 g/mol. The maximum absolute atomic E-state index is 5.17. The molecule has 0 saturated carbocycles. The fraction of sp³-hybridized carbons (Fsp3) is 0. The number of aromatic nitrogens is 4. The van der Waals surface area contributed by atoms with Crippen LogP contribution in [0.4, 0.5) is 0 Å². The third-order valence-electron chi connectivity index (χ3n) is 9.55. The van der Waals surface area contributed by atoms with E-state index in [9.17, 15) is 0 Å². The van der Waals surface area contributed by atoms with Gasteiger partial charge in [-0.2, -0.15) is 0 Å². The lowest BCUT2D eigenvalue weighted by molar-refractivity contribution is 1.17. The summed E-state index contributed by atoms with van der Waals surface area (Å²) in [6.07, 6.45) is 0. The van der Waals surface area contributed by atoms with Crippen molar-refractivity contribution in [3.8, 4) is 44.7 Å². The van der Waals surface area contributed by atoms with Gasteiger partial charge in [0.05, 0.1) is 22.1 Å². The topological polar surface area (TPSA) is 35.6 Å². The molecule has 3 heterocycles. The first kappa shape index (κ1) is 28.6. The molecule has 4 nitrogen and oxygen atoms in total. The molecule has 0 saturated heterocycles. The minimum Gasteiger partial charge on any atom is -0.309 e. The van der Waals surface area contributed by atoms with Gasteiger partial charge < -0.3 is 9.13 Å². The van der Waals surface area contributed by atoms with Gasteiger partial charge in [0.1, 0.15) is 10.9 Å². The van der Waals surface area contributed by atoms with E-state index < -0.39 is 0 Å². The molecule has 50 heavy (non-hydrogen) atoms. The van der Waals surface area contributed by atoms with Gasteiger partial charge in [0.25, 0.3) is 0 Å². The van der Waals surface area contributed by atoms with Crippen LogP contribution < -0.4 is 0 Å². The molecule has 0 fully saturated rings. The maximum atomic E-state index is 5.17. The monoisotopic (exact) mass is 656 g/mol. The average Bonchev–Trinajstić information content (AvgIpc) is 3.72. The maximum Gasteiger partial charge on any atom is 0.161 e. The summed E-state index contributed by atoms with van der Waals surface area (Å²) >= 11 is 0. The first-order valence-corrected chi connectivity index (χ1v) is 17.7. The normalized spacial score (nSPS) is 11.8. The Bertz CT molecular complexity index is 2800. The molecular formula is C45H29N4P. The largest absolute Gasteiger partial charge is 0.309 e. The summed E-state index contributed by atoms with van der Waals surface area (Å²) in [5.74, 6) is 0.734. The van der Waals surface area contributed by atoms with Crippen molar-refractivity contribution in [1.82, 2.24) is 19.1 Å². The number of hydrogen-bond donors (Lipinski definition) is 0. The Kier molecular flexibility index (Phi) is 6.68. The Morgan fingerprint density at radius 2 is 0.820 bits per heavy atom. The Balaban J connectivity index is 1.22. The van der Waals surface area contributed by atoms with Gasteiger partial charge in [-0.1, -0.05) is 127 Å². The zero-order valence-electron chi connectivity index (χ0n) is 27.0. The molecule has 234 valence electrons. The molecule has 0 aliphatic heterocycles. The van der Waals surface area contributed by atoms with E-state index in [1.54, 1.807) is 0 Å². The van der Waals surface area contributed by atoms with Gasteiger partial charge in [-0.3, -0.25) is 0 Å². The quantitative estimate of drug-likeness (QED) is 0.185. The van der Waals surface area contributed by atoms with E-state index in [0.29, 0.717) is 0 Å². The zero-order chi connectivity index (χ0) is 33.0. The summed E-state index contributed by atoms with van der Waals surface area (Å²) < 4.78 is 4.81. The molecule has 0 aliphatic rings. The molecule has 0 unspecified atom stereocenters. The molecule has 10 aromatic rings. The van der Waals surface area contributed by atoms with Crippen LogP contribution >= 0.6 is 8.19 Å². The van der Waals surface area contributed by atoms with Crippen molar-refractivity contribution in [2.45, 2.75) is 0 Å². The lowest BCUT2D eigenvalue weighted by Crippen LogP contribution is -1.96. The van der Waals surface area contributed by atoms with Crippen LogP contribution in [0.5, 0.6) is 0 Å². The number of fused-ring (bicyclic) bond motifs is 7. The predicted octanol–water partition coefficient (Wildman–Crippen LogP) is 12.3. The Hall–Kier alpha value is -6.35. The van der Waals surface area contributed by atoms with Crippen LogP contribution in [0, 0.1) is 0 Å². The van der Waals surface area contributed by atoms with Gasteiger partial charge in [-0.25, -0.2) is 9.97 Å². The third kappa shape index (κ3) is 4.58. The Morgan fingerprint density at radius 3 is 1.44 bits per heavy atom. The number of hydrogen-bond acceptors (Lipinski definition) is 2. The van der Waals surface area contributed by atoms with Gasteiger partial charge in [-0.05, 0) is 56.7 Å². The highest BCUT2D eigenvalue weighted by Gasteiger charge is 2.21. The van der Waals surface area contributed by atoms with E-state index in [4.69, 9.17) is 9.97 Å². The zero-order valence-corrected chi connectivity index (χ0v) is 27.9. The number of para-hydroxylation sites is 3. The van der Waals surface area contributed by atoms with Crippen LogP contribution in [-0.2, 0) is 0 Å². The van der Waals surface area contributed by atoms with Crippen LogP contribution in [0.2, 0.25) is 0 Å². The second-order valence-corrected chi connectivity index (χ2v) is 13.6. The van der Waals surface area contributed by atoms with Gasteiger partial charge in [0.15, 0.2) is 5.82 Å². The lowest BCUT2D eigenvalue weighted by atomic mass is 10.1. The summed E-state index contributed by atoms with van der Waals surface area (Å²) in [4.78, 5) is 10.2. The van der Waals surface area contributed by atoms with E-state index in [-0.39, 0.29) is 0 Å². The molecule has 0 N–H and O–H groups in total. The molecule has 0 atom stereocenters. The summed E-state index contributed by atoms with van der Waals surface area (Å²) in [7, 11) is 0.973. The van der Waals surface area contributed by atoms with Crippen molar-refractivity contribution in [2.24, 2.45) is 0 Å². The standard InChI is InChI=1S/C45H29N4P/c1-4-15-30(16-5-1)43-46-44(31-17-6-2-7-18-31)50-45(47-43)32-19-14-22-34(29-32)49-38-26-13-11-24-36(38)42-40(49)28-27-39-41(42)35-23-10-12-25-37(35)48(39)33-20-8-3-9-21-33/h1-29H. The number of benzene rings is 7. The first-order valence-electron chi connectivity index (χ1n) is 16.8. The number of rotatable bonds is 5. The smallest absolute Gasteiger partial charge is 0.161 e. The minimum atomic E-state index is 0.734. The molecule has 0 bridgehead atoms. The van der Waals surface area contributed by atoms with Crippen LogP contribution in [-0.4, -0.2) is 19.1 Å². The highest BCUT2D eigenvalue weighted by Crippen LogP contribution is 2.43. The highest BCUT2D eigenvalue weighted by atomic mass is 31.0. The molecule has 0 amide bonds. The molecule has 5 heteroatoms. The fourth-order valence-electron chi connectivity index (χ4n) is 7.37. The minimum absolute atomic E-state index is 0.734. The van der Waals surface area contributed by atoms with E-state index >= 15 is 0 Å². The van der Waals surface area contributed by atoms with Crippen LogP contribution in [0.25, 0.3) is 88.4 Å². The Morgan fingerprint density at radius 1 is 0.360 bits per heavy atom. The molecule has 3 aromatic heterocycles. The van der Waals surface area contributed by atoms with E-state index in [2.05, 4.69) is 161 Å².